The van der Waals surface area contributed by atoms with E-state index in [1.54, 1.807) is 24.3 Å². The second kappa shape index (κ2) is 7.79. The lowest BCUT2D eigenvalue weighted by atomic mass is 9.98. The van der Waals surface area contributed by atoms with Crippen LogP contribution in [0.5, 0.6) is 0 Å². The molecule has 1 aliphatic heterocycles. The van der Waals surface area contributed by atoms with Crippen molar-refractivity contribution in [3.05, 3.63) is 71.0 Å². The Balaban J connectivity index is 1.46. The van der Waals surface area contributed by atoms with Gasteiger partial charge in [0.1, 0.15) is 16.9 Å². The van der Waals surface area contributed by atoms with E-state index in [4.69, 9.17) is 0 Å². The molecule has 0 saturated carbocycles. The Labute approximate surface area is 165 Å². The van der Waals surface area contributed by atoms with Gasteiger partial charge in [0.2, 0.25) is 0 Å². The fourth-order valence-electron chi connectivity index (χ4n) is 3.31. The van der Waals surface area contributed by atoms with E-state index in [1.165, 1.54) is 22.3 Å². The SMILES string of the molecule is O=C([C@@H](O)[C@@H](O)c1nc2ccccc2s1)N1CC=C(c2ccccc2F)CC1. The number of rotatable bonds is 4. The highest BCUT2D eigenvalue weighted by Crippen LogP contribution is 2.29. The molecule has 0 unspecified atom stereocenters. The maximum atomic E-state index is 13.9. The summed E-state index contributed by atoms with van der Waals surface area (Å²) in [4.78, 5) is 18.4. The Kier molecular flexibility index (Phi) is 5.21. The minimum atomic E-state index is -1.59. The Bertz CT molecular complexity index is 1020. The molecule has 7 heteroatoms. The van der Waals surface area contributed by atoms with Crippen LogP contribution in [-0.4, -0.2) is 45.2 Å². The summed E-state index contributed by atoms with van der Waals surface area (Å²) in [6.45, 7) is 0.606. The molecule has 0 bridgehead atoms. The van der Waals surface area contributed by atoms with Gasteiger partial charge < -0.3 is 15.1 Å². The summed E-state index contributed by atoms with van der Waals surface area (Å²) in [6, 6.07) is 13.9. The normalized spacial score (nSPS) is 16.7. The van der Waals surface area contributed by atoms with Crippen molar-refractivity contribution in [2.75, 3.05) is 13.1 Å². The number of aliphatic hydroxyl groups is 2. The predicted octanol–water partition coefficient (Wildman–Crippen LogP) is 3.15. The first-order valence-corrected chi connectivity index (χ1v) is 9.80. The predicted molar refractivity (Wildman–Crippen MR) is 106 cm³/mol. The Morgan fingerprint density at radius 3 is 2.61 bits per heavy atom. The van der Waals surface area contributed by atoms with E-state index in [9.17, 15) is 19.4 Å². The molecule has 28 heavy (non-hydrogen) atoms. The van der Waals surface area contributed by atoms with Crippen LogP contribution in [-0.2, 0) is 4.79 Å². The first kappa shape index (κ1) is 18.7. The third kappa shape index (κ3) is 3.56. The van der Waals surface area contributed by atoms with Gasteiger partial charge in [-0.15, -0.1) is 11.3 Å². The molecule has 5 nitrogen and oxygen atoms in total. The number of benzene rings is 2. The topological polar surface area (TPSA) is 73.7 Å². The van der Waals surface area contributed by atoms with Gasteiger partial charge in [-0.3, -0.25) is 4.79 Å². The number of aliphatic hydroxyl groups excluding tert-OH is 2. The molecule has 1 amide bonds. The van der Waals surface area contributed by atoms with Crippen LogP contribution in [0, 0.1) is 5.82 Å². The number of carbonyl (C=O) groups excluding carboxylic acids is 1. The molecule has 4 rings (SSSR count). The molecule has 2 N–H and O–H groups in total. The number of amides is 1. The summed E-state index contributed by atoms with van der Waals surface area (Å²) in [5, 5.41) is 21.1. The monoisotopic (exact) mass is 398 g/mol. The van der Waals surface area contributed by atoms with Gasteiger partial charge in [-0.25, -0.2) is 9.37 Å². The summed E-state index contributed by atoms with van der Waals surface area (Å²) in [5.74, 6) is -0.851. The molecule has 2 heterocycles. The summed E-state index contributed by atoms with van der Waals surface area (Å²) >= 11 is 1.25. The Morgan fingerprint density at radius 1 is 1.14 bits per heavy atom. The van der Waals surface area contributed by atoms with Gasteiger partial charge in [-0.05, 0) is 30.2 Å². The summed E-state index contributed by atoms with van der Waals surface area (Å²) < 4.78 is 14.8. The molecule has 1 aliphatic rings. The van der Waals surface area contributed by atoms with Crippen molar-refractivity contribution < 1.29 is 19.4 Å². The Morgan fingerprint density at radius 2 is 1.89 bits per heavy atom. The van der Waals surface area contributed by atoms with Gasteiger partial charge in [-0.2, -0.15) is 0 Å². The van der Waals surface area contributed by atoms with Crippen LogP contribution >= 0.6 is 11.3 Å². The number of carbonyl (C=O) groups is 1. The van der Waals surface area contributed by atoms with Gasteiger partial charge in [0.05, 0.1) is 10.2 Å². The highest BCUT2D eigenvalue weighted by molar-refractivity contribution is 7.18. The summed E-state index contributed by atoms with van der Waals surface area (Å²) in [5.41, 5.74) is 2.09. The molecular formula is C21H19FN2O3S. The second-order valence-electron chi connectivity index (χ2n) is 6.65. The lowest BCUT2D eigenvalue weighted by Gasteiger charge is -2.29. The van der Waals surface area contributed by atoms with E-state index >= 15 is 0 Å². The van der Waals surface area contributed by atoms with E-state index < -0.39 is 18.1 Å². The van der Waals surface area contributed by atoms with Crippen molar-refractivity contribution in [3.8, 4) is 0 Å². The molecule has 0 saturated heterocycles. The van der Waals surface area contributed by atoms with Crippen molar-refractivity contribution in [1.29, 1.82) is 0 Å². The molecule has 0 radical (unpaired) electrons. The fourth-order valence-corrected chi connectivity index (χ4v) is 4.29. The van der Waals surface area contributed by atoms with Crippen LogP contribution in [0.1, 0.15) is 23.1 Å². The minimum Gasteiger partial charge on any atom is -0.383 e. The standard InChI is InChI=1S/C21H19FN2O3S/c22-15-6-2-1-5-14(15)13-9-11-24(12-10-13)21(27)19(26)18(25)20-23-16-7-3-4-8-17(16)28-20/h1-9,18-19,25-26H,10-12H2/t18-,19+/m1/s1. The van der Waals surface area contributed by atoms with Crippen LogP contribution < -0.4 is 0 Å². The molecular weight excluding hydrogens is 379 g/mol. The number of halogens is 1. The van der Waals surface area contributed by atoms with E-state index in [0.29, 0.717) is 23.5 Å². The van der Waals surface area contributed by atoms with Crippen molar-refractivity contribution in [2.24, 2.45) is 0 Å². The molecule has 1 aromatic heterocycles. The van der Waals surface area contributed by atoms with E-state index in [1.807, 2.05) is 24.3 Å². The Hall–Kier alpha value is -2.61. The molecule has 3 aromatic rings. The third-order valence-electron chi connectivity index (χ3n) is 4.86. The molecule has 2 aromatic carbocycles. The van der Waals surface area contributed by atoms with Crippen LogP contribution in [0.15, 0.2) is 54.6 Å². The molecule has 0 fully saturated rings. The average Bonchev–Trinajstić information content (AvgIpc) is 3.17. The molecule has 144 valence electrons. The van der Waals surface area contributed by atoms with E-state index in [0.717, 1.165) is 15.8 Å². The van der Waals surface area contributed by atoms with Gasteiger partial charge in [0, 0.05) is 18.7 Å². The van der Waals surface area contributed by atoms with Crippen LogP contribution in [0.2, 0.25) is 0 Å². The van der Waals surface area contributed by atoms with Crippen molar-refractivity contribution in [3.63, 3.8) is 0 Å². The number of nitrogens with zero attached hydrogens (tertiary/aromatic N) is 2. The number of hydrogen-bond acceptors (Lipinski definition) is 5. The van der Waals surface area contributed by atoms with Crippen molar-refractivity contribution in [2.45, 2.75) is 18.6 Å². The number of para-hydroxylation sites is 1. The van der Waals surface area contributed by atoms with Crippen LogP contribution in [0.4, 0.5) is 4.39 Å². The zero-order chi connectivity index (χ0) is 19.7. The zero-order valence-corrected chi connectivity index (χ0v) is 15.8. The first-order chi connectivity index (χ1) is 13.5. The number of fused-ring (bicyclic) bond motifs is 1. The maximum absolute atomic E-state index is 13.9. The van der Waals surface area contributed by atoms with Crippen molar-refractivity contribution in [1.82, 2.24) is 9.88 Å². The van der Waals surface area contributed by atoms with Crippen LogP contribution in [0.25, 0.3) is 15.8 Å². The highest BCUT2D eigenvalue weighted by atomic mass is 32.1. The maximum Gasteiger partial charge on any atom is 0.254 e. The second-order valence-corrected chi connectivity index (χ2v) is 7.72. The zero-order valence-electron chi connectivity index (χ0n) is 15.0. The highest BCUT2D eigenvalue weighted by Gasteiger charge is 2.32. The summed E-state index contributed by atoms with van der Waals surface area (Å²) in [6.07, 6.45) is -0.710. The van der Waals surface area contributed by atoms with E-state index in [2.05, 4.69) is 4.98 Å². The van der Waals surface area contributed by atoms with Gasteiger partial charge in [-0.1, -0.05) is 36.4 Å². The van der Waals surface area contributed by atoms with E-state index in [-0.39, 0.29) is 12.4 Å². The lowest BCUT2D eigenvalue weighted by Crippen LogP contribution is -2.43. The van der Waals surface area contributed by atoms with Gasteiger partial charge >= 0.3 is 0 Å². The number of hydrogen-bond donors (Lipinski definition) is 2. The first-order valence-electron chi connectivity index (χ1n) is 8.99. The van der Waals surface area contributed by atoms with Crippen molar-refractivity contribution >= 4 is 33.0 Å². The third-order valence-corrected chi connectivity index (χ3v) is 5.96. The van der Waals surface area contributed by atoms with Crippen LogP contribution in [0.3, 0.4) is 0 Å². The largest absolute Gasteiger partial charge is 0.383 e. The number of thiazole rings is 1. The smallest absolute Gasteiger partial charge is 0.254 e. The van der Waals surface area contributed by atoms with Gasteiger partial charge in [0.25, 0.3) is 5.91 Å². The summed E-state index contributed by atoms with van der Waals surface area (Å²) in [7, 11) is 0. The lowest BCUT2D eigenvalue weighted by molar-refractivity contribution is -0.146. The van der Waals surface area contributed by atoms with Gasteiger partial charge in [0.15, 0.2) is 6.10 Å². The number of aromatic nitrogens is 1. The minimum absolute atomic E-state index is 0.256. The quantitative estimate of drug-likeness (QED) is 0.708. The molecule has 0 aliphatic carbocycles. The average molecular weight is 398 g/mol. The fraction of sp³-hybridized carbons (Fsp3) is 0.238. The molecule has 0 spiro atoms. The molecule has 2 atom stereocenters.